The summed E-state index contributed by atoms with van der Waals surface area (Å²) in [7, 11) is 0. The van der Waals surface area contributed by atoms with Gasteiger partial charge in [0.1, 0.15) is 6.61 Å². The van der Waals surface area contributed by atoms with Gasteiger partial charge in [0, 0.05) is 5.39 Å². The van der Waals surface area contributed by atoms with Crippen molar-refractivity contribution in [2.45, 2.75) is 13.0 Å². The zero-order chi connectivity index (χ0) is 13.1. The van der Waals surface area contributed by atoms with E-state index in [1.165, 1.54) is 6.39 Å². The van der Waals surface area contributed by atoms with E-state index in [0.717, 1.165) is 15.4 Å². The molecule has 0 spiro atoms. The molecule has 0 fully saturated rings. The van der Waals surface area contributed by atoms with Gasteiger partial charge in [0.15, 0.2) is 23.2 Å². The molecule has 6 heteroatoms. The molecule has 0 radical (unpaired) electrons. The third kappa shape index (κ3) is 1.29. The number of oxazole rings is 1. The van der Waals surface area contributed by atoms with Crippen LogP contribution in [0.4, 0.5) is 0 Å². The van der Waals surface area contributed by atoms with E-state index in [4.69, 9.17) is 9.15 Å². The Morgan fingerprint density at radius 2 is 2.32 bits per heavy atom. The molecule has 1 aliphatic heterocycles. The average Bonchev–Trinajstić information content (AvgIpc) is 2.87. The molecular formula is C13H9BrN2O3. The lowest BCUT2D eigenvalue weighted by molar-refractivity contribution is 0.244. The van der Waals surface area contributed by atoms with Crippen molar-refractivity contribution in [1.29, 1.82) is 0 Å². The number of halogens is 1. The van der Waals surface area contributed by atoms with E-state index in [1.54, 1.807) is 4.57 Å². The van der Waals surface area contributed by atoms with Crippen LogP contribution >= 0.6 is 15.9 Å². The summed E-state index contributed by atoms with van der Waals surface area (Å²) in [4.78, 5) is 16.5. The summed E-state index contributed by atoms with van der Waals surface area (Å²) in [5, 5.41) is 0.844. The summed E-state index contributed by atoms with van der Waals surface area (Å²) in [5.41, 5.74) is 1.52. The normalized spacial score (nSPS) is 17.9. The SMILES string of the molecule is C[C@H]1COc2c(Br)ccc3c4ocnc4c(=O)n1c23. The number of hydrogen-bond acceptors (Lipinski definition) is 4. The molecule has 0 amide bonds. The molecule has 1 aliphatic rings. The van der Waals surface area contributed by atoms with Crippen molar-refractivity contribution in [3.8, 4) is 5.75 Å². The number of ether oxygens (including phenoxy) is 1. The van der Waals surface area contributed by atoms with Gasteiger partial charge >= 0.3 is 0 Å². The predicted molar refractivity (Wildman–Crippen MR) is 73.7 cm³/mol. The zero-order valence-electron chi connectivity index (χ0n) is 10.0. The minimum Gasteiger partial charge on any atom is -0.488 e. The summed E-state index contributed by atoms with van der Waals surface area (Å²) in [5.74, 6) is 0.686. The van der Waals surface area contributed by atoms with Crippen molar-refractivity contribution in [2.24, 2.45) is 0 Å². The summed E-state index contributed by atoms with van der Waals surface area (Å²) in [6.45, 7) is 2.42. The van der Waals surface area contributed by atoms with E-state index in [0.29, 0.717) is 23.5 Å². The lowest BCUT2D eigenvalue weighted by Gasteiger charge is -2.26. The highest BCUT2D eigenvalue weighted by molar-refractivity contribution is 9.10. The summed E-state index contributed by atoms with van der Waals surface area (Å²) in [6, 6.07) is 3.77. The molecule has 0 N–H and O–H groups in total. The first-order chi connectivity index (χ1) is 9.18. The molecule has 1 atom stereocenters. The summed E-state index contributed by atoms with van der Waals surface area (Å²) < 4.78 is 13.7. The van der Waals surface area contributed by atoms with Gasteiger partial charge in [-0.2, -0.15) is 0 Å². The fourth-order valence-electron chi connectivity index (χ4n) is 2.61. The van der Waals surface area contributed by atoms with Crippen LogP contribution in [-0.4, -0.2) is 16.2 Å². The van der Waals surface area contributed by atoms with E-state index in [1.807, 2.05) is 19.1 Å². The minimum atomic E-state index is -0.133. The van der Waals surface area contributed by atoms with Crippen LogP contribution in [0.15, 0.2) is 32.2 Å². The highest BCUT2D eigenvalue weighted by atomic mass is 79.9. The largest absolute Gasteiger partial charge is 0.488 e. The lowest BCUT2D eigenvalue weighted by Crippen LogP contribution is -2.31. The van der Waals surface area contributed by atoms with E-state index in [2.05, 4.69) is 20.9 Å². The highest BCUT2D eigenvalue weighted by Gasteiger charge is 2.26. The molecule has 3 aromatic rings. The van der Waals surface area contributed by atoms with Crippen molar-refractivity contribution in [3.63, 3.8) is 0 Å². The van der Waals surface area contributed by atoms with Crippen LogP contribution in [-0.2, 0) is 0 Å². The van der Waals surface area contributed by atoms with Crippen LogP contribution in [0.5, 0.6) is 5.75 Å². The molecule has 96 valence electrons. The molecule has 3 heterocycles. The molecule has 2 aromatic heterocycles. The molecule has 0 saturated carbocycles. The van der Waals surface area contributed by atoms with Gasteiger partial charge in [0.25, 0.3) is 5.56 Å². The van der Waals surface area contributed by atoms with Gasteiger partial charge in [0.05, 0.1) is 16.0 Å². The molecular weight excluding hydrogens is 312 g/mol. The number of benzene rings is 1. The molecule has 0 saturated heterocycles. The monoisotopic (exact) mass is 320 g/mol. The third-order valence-corrected chi connectivity index (χ3v) is 4.09. The summed E-state index contributed by atoms with van der Waals surface area (Å²) in [6.07, 6.45) is 1.31. The van der Waals surface area contributed by atoms with Crippen molar-refractivity contribution >= 4 is 37.9 Å². The Hall–Kier alpha value is -1.82. The number of fused-ring (bicyclic) bond motifs is 2. The fraction of sp³-hybridized carbons (Fsp3) is 0.231. The van der Waals surface area contributed by atoms with Crippen molar-refractivity contribution in [3.05, 3.63) is 33.4 Å². The number of hydrogen-bond donors (Lipinski definition) is 0. The Balaban J connectivity index is 2.39. The molecule has 19 heavy (non-hydrogen) atoms. The van der Waals surface area contributed by atoms with E-state index in [9.17, 15) is 4.79 Å². The van der Waals surface area contributed by atoms with Gasteiger partial charge in [-0.3, -0.25) is 9.36 Å². The molecule has 0 bridgehead atoms. The third-order valence-electron chi connectivity index (χ3n) is 3.47. The standard InChI is InChI=1S/C13H9BrN2O3/c1-6-4-18-12-8(14)3-2-7-10(12)16(6)13(17)9-11(7)19-5-15-9/h2-3,5-6H,4H2,1H3/t6-/m0/s1. The average molecular weight is 321 g/mol. The van der Waals surface area contributed by atoms with Crippen LogP contribution in [0, 0.1) is 0 Å². The van der Waals surface area contributed by atoms with Gasteiger partial charge in [-0.05, 0) is 35.0 Å². The first-order valence-corrected chi connectivity index (χ1v) is 6.70. The number of rotatable bonds is 0. The maximum Gasteiger partial charge on any atom is 0.281 e. The van der Waals surface area contributed by atoms with Gasteiger partial charge in [-0.15, -0.1) is 0 Å². The number of aromatic nitrogens is 2. The Bertz CT molecular complexity index is 881. The van der Waals surface area contributed by atoms with Crippen LogP contribution in [0.25, 0.3) is 22.0 Å². The molecule has 4 rings (SSSR count). The number of nitrogens with zero attached hydrogens (tertiary/aromatic N) is 2. The maximum atomic E-state index is 12.5. The smallest absolute Gasteiger partial charge is 0.281 e. The molecule has 0 unspecified atom stereocenters. The Kier molecular flexibility index (Phi) is 2.09. The van der Waals surface area contributed by atoms with Gasteiger partial charge in [-0.1, -0.05) is 0 Å². The highest BCUT2D eigenvalue weighted by Crippen LogP contribution is 2.39. The Labute approximate surface area is 115 Å². The Morgan fingerprint density at radius 3 is 3.16 bits per heavy atom. The van der Waals surface area contributed by atoms with Gasteiger partial charge in [-0.25, -0.2) is 4.98 Å². The second-order valence-corrected chi connectivity index (χ2v) is 5.49. The quantitative estimate of drug-likeness (QED) is 0.639. The lowest BCUT2D eigenvalue weighted by atomic mass is 10.1. The van der Waals surface area contributed by atoms with Gasteiger partial charge in [0.2, 0.25) is 0 Å². The molecule has 5 nitrogen and oxygen atoms in total. The van der Waals surface area contributed by atoms with Gasteiger partial charge < -0.3 is 9.15 Å². The second-order valence-electron chi connectivity index (χ2n) is 4.64. The summed E-state index contributed by atoms with van der Waals surface area (Å²) >= 11 is 3.46. The number of pyridine rings is 1. The predicted octanol–water partition coefficient (Wildman–Crippen LogP) is 2.86. The van der Waals surface area contributed by atoms with E-state index >= 15 is 0 Å². The van der Waals surface area contributed by atoms with E-state index in [-0.39, 0.29) is 11.6 Å². The zero-order valence-corrected chi connectivity index (χ0v) is 11.6. The van der Waals surface area contributed by atoms with Crippen molar-refractivity contribution in [1.82, 2.24) is 9.55 Å². The first kappa shape index (κ1) is 11.0. The maximum absolute atomic E-state index is 12.5. The van der Waals surface area contributed by atoms with Crippen LogP contribution in [0.3, 0.4) is 0 Å². The second kappa shape index (κ2) is 3.60. The molecule has 0 aliphatic carbocycles. The minimum absolute atomic E-state index is 0.0297. The van der Waals surface area contributed by atoms with Crippen molar-refractivity contribution < 1.29 is 9.15 Å². The van der Waals surface area contributed by atoms with Crippen LogP contribution < -0.4 is 10.3 Å². The van der Waals surface area contributed by atoms with Crippen LogP contribution in [0.2, 0.25) is 0 Å². The van der Waals surface area contributed by atoms with E-state index < -0.39 is 0 Å². The van der Waals surface area contributed by atoms with Crippen molar-refractivity contribution in [2.75, 3.05) is 6.61 Å². The Morgan fingerprint density at radius 1 is 1.47 bits per heavy atom. The van der Waals surface area contributed by atoms with Crippen LogP contribution in [0.1, 0.15) is 13.0 Å². The molecule has 1 aromatic carbocycles. The topological polar surface area (TPSA) is 57.3 Å². The first-order valence-electron chi connectivity index (χ1n) is 5.91. The fourth-order valence-corrected chi connectivity index (χ4v) is 3.04.